The van der Waals surface area contributed by atoms with Crippen molar-refractivity contribution >= 4 is 20.0 Å². The second-order valence-electron chi connectivity index (χ2n) is 8.56. The Morgan fingerprint density at radius 2 is 1.82 bits per heavy atom. The Kier molecular flexibility index (Phi) is 8.06. The Labute approximate surface area is 202 Å². The molecule has 0 aliphatic carbocycles. The summed E-state index contributed by atoms with van der Waals surface area (Å²) in [5.41, 5.74) is 1.37. The zero-order valence-electron chi connectivity index (χ0n) is 19.7. The van der Waals surface area contributed by atoms with E-state index in [1.54, 1.807) is 26.0 Å². The summed E-state index contributed by atoms with van der Waals surface area (Å²) in [6.45, 7) is 3.19. The van der Waals surface area contributed by atoms with Crippen LogP contribution in [0.25, 0.3) is 0 Å². The summed E-state index contributed by atoms with van der Waals surface area (Å²) in [4.78, 5) is -0.0445. The van der Waals surface area contributed by atoms with Gasteiger partial charge in [-0.1, -0.05) is 37.0 Å². The number of fused-ring (bicyclic) bond motifs is 1. The highest BCUT2D eigenvalue weighted by Gasteiger charge is 2.38. The van der Waals surface area contributed by atoms with Crippen LogP contribution in [-0.2, 0) is 20.0 Å². The van der Waals surface area contributed by atoms with Crippen LogP contribution in [0.15, 0.2) is 53.4 Å². The lowest BCUT2D eigenvalue weighted by molar-refractivity contribution is 0.0905. The normalized spacial score (nSPS) is 21.4. The van der Waals surface area contributed by atoms with Crippen molar-refractivity contribution in [2.45, 2.75) is 30.9 Å². The fourth-order valence-corrected chi connectivity index (χ4v) is 5.82. The summed E-state index contributed by atoms with van der Waals surface area (Å²) >= 11 is 0. The van der Waals surface area contributed by atoms with Gasteiger partial charge in [-0.25, -0.2) is 21.1 Å². The minimum Gasteiger partial charge on any atom is -0.487 e. The predicted molar refractivity (Wildman–Crippen MR) is 130 cm³/mol. The number of nitrogens with zero attached hydrogens (tertiary/aromatic N) is 2. The molecule has 1 heterocycles. The summed E-state index contributed by atoms with van der Waals surface area (Å²) in [7, 11) is -6.00. The molecule has 10 heteroatoms. The van der Waals surface area contributed by atoms with Crippen LogP contribution in [0.1, 0.15) is 25.0 Å². The van der Waals surface area contributed by atoms with Gasteiger partial charge in [-0.3, -0.25) is 0 Å². The highest BCUT2D eigenvalue weighted by atomic mass is 32.2. The molecule has 0 bridgehead atoms. The minimum absolute atomic E-state index is 0.0424. The van der Waals surface area contributed by atoms with Gasteiger partial charge in [0.15, 0.2) is 0 Å². The second-order valence-corrected chi connectivity index (χ2v) is 12.5. The summed E-state index contributed by atoms with van der Waals surface area (Å²) in [5.74, 6) is 5.81. The van der Waals surface area contributed by atoms with Gasteiger partial charge in [0.1, 0.15) is 16.7 Å². The molecule has 8 nitrogen and oxygen atoms in total. The lowest BCUT2D eigenvalue weighted by Crippen LogP contribution is -2.50. The fourth-order valence-electron chi connectivity index (χ4n) is 3.58. The van der Waals surface area contributed by atoms with Crippen molar-refractivity contribution in [2.75, 3.05) is 33.0 Å². The Balaban J connectivity index is 2.09. The lowest BCUT2D eigenvalue weighted by Gasteiger charge is -2.37. The Morgan fingerprint density at radius 1 is 1.18 bits per heavy atom. The van der Waals surface area contributed by atoms with Crippen LogP contribution in [0.5, 0.6) is 5.75 Å². The summed E-state index contributed by atoms with van der Waals surface area (Å²) < 4.78 is 59.6. The van der Waals surface area contributed by atoms with Crippen LogP contribution >= 0.6 is 0 Å². The molecule has 1 N–H and O–H groups in total. The van der Waals surface area contributed by atoms with Crippen LogP contribution in [0.3, 0.4) is 0 Å². The molecule has 184 valence electrons. The molecule has 0 radical (unpaired) electrons. The van der Waals surface area contributed by atoms with Gasteiger partial charge in [0.2, 0.25) is 20.0 Å². The molecule has 1 aliphatic heterocycles. The van der Waals surface area contributed by atoms with Gasteiger partial charge in [-0.2, -0.15) is 4.31 Å². The van der Waals surface area contributed by atoms with E-state index in [0.717, 1.165) is 11.8 Å². The third kappa shape index (κ3) is 5.98. The zero-order valence-corrected chi connectivity index (χ0v) is 21.3. The summed E-state index contributed by atoms with van der Waals surface area (Å²) in [6, 6.07) is 13.3. The van der Waals surface area contributed by atoms with E-state index in [2.05, 4.69) is 11.8 Å². The molecule has 0 aromatic heterocycles. The number of sulfonamides is 2. The van der Waals surface area contributed by atoms with E-state index in [-0.39, 0.29) is 36.3 Å². The summed E-state index contributed by atoms with van der Waals surface area (Å²) in [6.07, 6.45) is 0.482. The molecular weight excluding hydrogens is 476 g/mol. The van der Waals surface area contributed by atoms with Crippen molar-refractivity contribution in [1.82, 2.24) is 8.61 Å². The Bertz CT molecular complexity index is 1280. The van der Waals surface area contributed by atoms with Crippen molar-refractivity contribution in [1.29, 1.82) is 0 Å². The molecule has 3 atom stereocenters. The predicted octanol–water partition coefficient (Wildman–Crippen LogP) is 1.75. The van der Waals surface area contributed by atoms with Gasteiger partial charge >= 0.3 is 0 Å². The maximum absolute atomic E-state index is 13.5. The minimum atomic E-state index is -3.98. The van der Waals surface area contributed by atoms with Crippen molar-refractivity contribution in [2.24, 2.45) is 5.92 Å². The first kappa shape index (κ1) is 26.2. The van der Waals surface area contributed by atoms with Gasteiger partial charge in [0.05, 0.1) is 19.4 Å². The molecule has 3 rings (SSSR count). The smallest absolute Gasteiger partial charge is 0.247 e. The van der Waals surface area contributed by atoms with Crippen molar-refractivity contribution in [3.8, 4) is 17.6 Å². The van der Waals surface area contributed by atoms with Crippen LogP contribution in [0.2, 0.25) is 0 Å². The number of likely N-dealkylation sites (N-methyl/N-ethyl adjacent to an activating group) is 1. The zero-order chi connectivity index (χ0) is 25.1. The highest BCUT2D eigenvalue weighted by Crippen LogP contribution is 2.34. The third-order valence-electron chi connectivity index (χ3n) is 5.80. The Hall–Kier alpha value is -2.42. The van der Waals surface area contributed by atoms with Gasteiger partial charge < -0.3 is 9.84 Å². The maximum atomic E-state index is 13.5. The molecule has 0 amide bonds. The van der Waals surface area contributed by atoms with E-state index >= 15 is 0 Å². The largest absolute Gasteiger partial charge is 0.487 e. The maximum Gasteiger partial charge on any atom is 0.247 e. The van der Waals surface area contributed by atoms with E-state index in [0.29, 0.717) is 5.56 Å². The third-order valence-corrected chi connectivity index (χ3v) is 9.10. The quantitative estimate of drug-likeness (QED) is 0.620. The standard InChI is InChI=1S/C24H30N2O6S2/c1-18-15-26(19(2)17-27)34(30,31)24-13-12-21(11-10-20-8-6-5-7-9-20)14-22(24)32-23(18)16-25(3)33(4,28)29/h5-9,12-14,18-19,23,27H,15-17H2,1-4H3/t18-,19-,23+/m1/s1. The number of aliphatic hydroxyl groups is 1. The van der Waals surface area contributed by atoms with Crippen LogP contribution in [-0.4, -0.2) is 75.7 Å². The molecule has 2 aromatic rings. The van der Waals surface area contributed by atoms with Crippen LogP contribution in [0, 0.1) is 17.8 Å². The van der Waals surface area contributed by atoms with Crippen molar-refractivity contribution in [3.63, 3.8) is 0 Å². The van der Waals surface area contributed by atoms with Gasteiger partial charge in [0, 0.05) is 36.7 Å². The van der Waals surface area contributed by atoms with Crippen molar-refractivity contribution < 1.29 is 26.7 Å². The molecule has 0 saturated carbocycles. The molecule has 34 heavy (non-hydrogen) atoms. The molecule has 2 aromatic carbocycles. The number of hydrogen-bond acceptors (Lipinski definition) is 6. The molecular formula is C24H30N2O6S2. The molecule has 0 unspecified atom stereocenters. The van der Waals surface area contributed by atoms with Crippen LogP contribution in [0.4, 0.5) is 0 Å². The first-order chi connectivity index (χ1) is 15.9. The first-order valence-electron chi connectivity index (χ1n) is 10.8. The number of aliphatic hydroxyl groups excluding tert-OH is 1. The highest BCUT2D eigenvalue weighted by molar-refractivity contribution is 7.89. The molecule has 1 aliphatic rings. The Morgan fingerprint density at radius 3 is 2.44 bits per heavy atom. The molecule has 0 fully saturated rings. The number of ether oxygens (including phenoxy) is 1. The molecule has 0 spiro atoms. The van der Waals surface area contributed by atoms with E-state index < -0.39 is 32.2 Å². The van der Waals surface area contributed by atoms with Gasteiger partial charge in [-0.05, 0) is 37.3 Å². The van der Waals surface area contributed by atoms with E-state index in [1.807, 2.05) is 30.3 Å². The monoisotopic (exact) mass is 506 g/mol. The number of rotatable bonds is 5. The summed E-state index contributed by atoms with van der Waals surface area (Å²) in [5, 5.41) is 9.71. The number of hydrogen-bond donors (Lipinski definition) is 1. The molecule has 0 saturated heterocycles. The average Bonchev–Trinajstić information content (AvgIpc) is 2.79. The topological polar surface area (TPSA) is 104 Å². The first-order valence-corrected chi connectivity index (χ1v) is 14.1. The van der Waals surface area contributed by atoms with E-state index in [4.69, 9.17) is 4.74 Å². The van der Waals surface area contributed by atoms with Gasteiger partial charge in [0.25, 0.3) is 0 Å². The fraction of sp³-hybridized carbons (Fsp3) is 0.417. The van der Waals surface area contributed by atoms with E-state index in [1.165, 1.54) is 21.7 Å². The second kappa shape index (κ2) is 10.5. The van der Waals surface area contributed by atoms with Gasteiger partial charge in [-0.15, -0.1) is 0 Å². The SMILES string of the molecule is C[C@@H]1CN([C@H](C)CO)S(=O)(=O)c2ccc(C#Cc3ccccc3)cc2O[C@H]1CN(C)S(C)(=O)=O. The number of benzene rings is 2. The lowest BCUT2D eigenvalue weighted by atomic mass is 10.0. The van der Waals surface area contributed by atoms with E-state index in [9.17, 15) is 21.9 Å². The average molecular weight is 507 g/mol. The van der Waals surface area contributed by atoms with Crippen LogP contribution < -0.4 is 4.74 Å². The van der Waals surface area contributed by atoms with Crippen molar-refractivity contribution in [3.05, 3.63) is 59.7 Å².